The number of rotatable bonds is 3. The second-order valence-electron chi connectivity index (χ2n) is 6.76. The zero-order valence-electron chi connectivity index (χ0n) is 14.9. The fourth-order valence-corrected chi connectivity index (χ4v) is 3.63. The highest BCUT2D eigenvalue weighted by Gasteiger charge is 2.28. The molecule has 134 valence electrons. The van der Waals surface area contributed by atoms with Crippen molar-refractivity contribution in [2.75, 3.05) is 24.5 Å². The van der Waals surface area contributed by atoms with Gasteiger partial charge >= 0.3 is 0 Å². The number of para-hydroxylation sites is 1. The third-order valence-electron chi connectivity index (χ3n) is 5.05. The fourth-order valence-electron chi connectivity index (χ4n) is 3.63. The number of fused-ring (bicyclic) bond motifs is 1. The van der Waals surface area contributed by atoms with Crippen LogP contribution in [0.3, 0.4) is 0 Å². The van der Waals surface area contributed by atoms with Crippen LogP contribution in [-0.4, -0.2) is 46.1 Å². The number of anilines is 1. The van der Waals surface area contributed by atoms with E-state index < -0.39 is 0 Å². The first-order valence-corrected chi connectivity index (χ1v) is 8.94. The van der Waals surface area contributed by atoms with E-state index in [0.717, 1.165) is 17.6 Å². The fraction of sp³-hybridized carbons (Fsp3) is 0.300. The Morgan fingerprint density at radius 3 is 2.77 bits per heavy atom. The van der Waals surface area contributed by atoms with Crippen LogP contribution in [0.25, 0.3) is 5.52 Å². The zero-order chi connectivity index (χ0) is 18.1. The summed E-state index contributed by atoms with van der Waals surface area (Å²) < 4.78 is 1.73. The maximum Gasteiger partial charge on any atom is 0.257 e. The van der Waals surface area contributed by atoms with Crippen LogP contribution in [0.15, 0.2) is 54.9 Å². The van der Waals surface area contributed by atoms with Crippen molar-refractivity contribution >= 4 is 17.1 Å². The molecule has 26 heavy (non-hydrogen) atoms. The van der Waals surface area contributed by atoms with Crippen molar-refractivity contribution in [1.29, 1.82) is 0 Å². The minimum Gasteiger partial charge on any atom is -0.365 e. The molecule has 3 aromatic rings. The predicted octanol–water partition coefficient (Wildman–Crippen LogP) is 2.14. The molecule has 1 aromatic carbocycles. The maximum absolute atomic E-state index is 13.1. The molecule has 1 atom stereocenters. The third-order valence-corrected chi connectivity index (χ3v) is 5.05. The summed E-state index contributed by atoms with van der Waals surface area (Å²) in [5.74, 6) is 0.0359. The van der Waals surface area contributed by atoms with Crippen molar-refractivity contribution in [2.24, 2.45) is 5.73 Å². The summed E-state index contributed by atoms with van der Waals surface area (Å²) in [5.41, 5.74) is 9.39. The Labute approximate surface area is 152 Å². The van der Waals surface area contributed by atoms with Crippen LogP contribution in [0.1, 0.15) is 22.8 Å². The minimum absolute atomic E-state index is 0.0359. The van der Waals surface area contributed by atoms with Gasteiger partial charge in [-0.1, -0.05) is 18.2 Å². The van der Waals surface area contributed by atoms with E-state index in [-0.39, 0.29) is 11.9 Å². The van der Waals surface area contributed by atoms with Crippen LogP contribution in [0, 0.1) is 0 Å². The molecule has 2 aromatic heterocycles. The van der Waals surface area contributed by atoms with Gasteiger partial charge in [0, 0.05) is 44.1 Å². The standard InChI is InChI=1S/C20H23N5O/c1-15-14-23(9-10-24(15)17-5-3-2-4-6-17)20(26)18-13-22-25-8-7-16(12-21)11-19(18)25/h2-8,11,13,15H,9-10,12,14,21H2,1H3. The normalized spacial score (nSPS) is 17.7. The van der Waals surface area contributed by atoms with Crippen molar-refractivity contribution in [2.45, 2.75) is 19.5 Å². The van der Waals surface area contributed by atoms with E-state index >= 15 is 0 Å². The first kappa shape index (κ1) is 16.6. The zero-order valence-corrected chi connectivity index (χ0v) is 14.9. The predicted molar refractivity (Wildman–Crippen MR) is 102 cm³/mol. The molecule has 1 unspecified atom stereocenters. The minimum atomic E-state index is 0.0359. The van der Waals surface area contributed by atoms with E-state index in [1.165, 1.54) is 5.69 Å². The first-order valence-electron chi connectivity index (χ1n) is 8.94. The van der Waals surface area contributed by atoms with Crippen molar-refractivity contribution in [3.63, 3.8) is 0 Å². The van der Waals surface area contributed by atoms with Crippen molar-refractivity contribution < 1.29 is 4.79 Å². The lowest BCUT2D eigenvalue weighted by Gasteiger charge is -2.41. The molecule has 4 rings (SSSR count). The molecule has 1 saturated heterocycles. The Hall–Kier alpha value is -2.86. The van der Waals surface area contributed by atoms with Crippen LogP contribution >= 0.6 is 0 Å². The molecule has 0 spiro atoms. The monoisotopic (exact) mass is 349 g/mol. The molecule has 2 N–H and O–H groups in total. The van der Waals surface area contributed by atoms with Gasteiger partial charge in [-0.3, -0.25) is 4.79 Å². The summed E-state index contributed by atoms with van der Waals surface area (Å²) >= 11 is 0. The van der Waals surface area contributed by atoms with E-state index in [4.69, 9.17) is 5.73 Å². The molecule has 3 heterocycles. The van der Waals surface area contributed by atoms with E-state index in [0.29, 0.717) is 25.2 Å². The van der Waals surface area contributed by atoms with Gasteiger partial charge in [-0.05, 0) is 36.8 Å². The van der Waals surface area contributed by atoms with Gasteiger partial charge in [0.1, 0.15) is 0 Å². The number of pyridine rings is 1. The van der Waals surface area contributed by atoms with Crippen LogP contribution in [-0.2, 0) is 6.54 Å². The topological polar surface area (TPSA) is 66.9 Å². The summed E-state index contributed by atoms with van der Waals surface area (Å²) in [7, 11) is 0. The Morgan fingerprint density at radius 2 is 2.04 bits per heavy atom. The highest BCUT2D eigenvalue weighted by atomic mass is 16.2. The van der Waals surface area contributed by atoms with E-state index in [9.17, 15) is 4.79 Å². The molecule has 6 heteroatoms. The second-order valence-corrected chi connectivity index (χ2v) is 6.76. The number of amides is 1. The summed E-state index contributed by atoms with van der Waals surface area (Å²) in [6, 6.07) is 14.5. The summed E-state index contributed by atoms with van der Waals surface area (Å²) in [5, 5.41) is 4.31. The van der Waals surface area contributed by atoms with Gasteiger partial charge in [0.25, 0.3) is 5.91 Å². The molecule has 0 aliphatic carbocycles. The number of hydrogen-bond donors (Lipinski definition) is 1. The molecular formula is C20H23N5O. The molecule has 6 nitrogen and oxygen atoms in total. The van der Waals surface area contributed by atoms with Crippen LogP contribution in [0.4, 0.5) is 5.69 Å². The number of carbonyl (C=O) groups excluding carboxylic acids is 1. The van der Waals surface area contributed by atoms with E-state index in [2.05, 4.69) is 29.1 Å². The number of nitrogens with zero attached hydrogens (tertiary/aromatic N) is 4. The first-order chi connectivity index (χ1) is 12.7. The Balaban J connectivity index is 1.55. The van der Waals surface area contributed by atoms with Gasteiger partial charge in [-0.25, -0.2) is 4.52 Å². The van der Waals surface area contributed by atoms with Gasteiger partial charge < -0.3 is 15.5 Å². The molecular weight excluding hydrogens is 326 g/mol. The van der Waals surface area contributed by atoms with Crippen LogP contribution < -0.4 is 10.6 Å². The quantitative estimate of drug-likeness (QED) is 0.787. The number of aromatic nitrogens is 2. The van der Waals surface area contributed by atoms with Crippen molar-refractivity contribution in [3.05, 3.63) is 66.0 Å². The van der Waals surface area contributed by atoms with Crippen molar-refractivity contribution in [3.8, 4) is 0 Å². The summed E-state index contributed by atoms with van der Waals surface area (Å²) in [6.07, 6.45) is 3.51. The maximum atomic E-state index is 13.1. The van der Waals surface area contributed by atoms with Gasteiger partial charge in [0.15, 0.2) is 0 Å². The number of nitrogens with two attached hydrogens (primary N) is 1. The van der Waals surface area contributed by atoms with Gasteiger partial charge in [0.2, 0.25) is 0 Å². The van der Waals surface area contributed by atoms with Crippen LogP contribution in [0.5, 0.6) is 0 Å². The third kappa shape index (κ3) is 2.93. The Kier molecular flexibility index (Phi) is 4.34. The highest BCUT2D eigenvalue weighted by Crippen LogP contribution is 2.22. The highest BCUT2D eigenvalue weighted by molar-refractivity contribution is 6.00. The molecule has 0 bridgehead atoms. The number of carbonyl (C=O) groups is 1. The summed E-state index contributed by atoms with van der Waals surface area (Å²) in [6.45, 7) is 4.83. The smallest absolute Gasteiger partial charge is 0.257 e. The van der Waals surface area contributed by atoms with E-state index in [1.54, 1.807) is 10.7 Å². The van der Waals surface area contributed by atoms with Gasteiger partial charge in [-0.2, -0.15) is 5.10 Å². The summed E-state index contributed by atoms with van der Waals surface area (Å²) in [4.78, 5) is 17.4. The van der Waals surface area contributed by atoms with Crippen molar-refractivity contribution in [1.82, 2.24) is 14.5 Å². The molecule has 1 aliphatic rings. The molecule has 1 amide bonds. The lowest BCUT2D eigenvalue weighted by atomic mass is 10.1. The average molecular weight is 349 g/mol. The molecule has 0 saturated carbocycles. The van der Waals surface area contributed by atoms with Gasteiger partial charge in [0.05, 0.1) is 17.3 Å². The average Bonchev–Trinajstić information content (AvgIpc) is 3.11. The SMILES string of the molecule is CC1CN(C(=O)c2cnn3ccc(CN)cc23)CCN1c1ccccc1. The molecule has 1 fully saturated rings. The second kappa shape index (κ2) is 6.80. The largest absolute Gasteiger partial charge is 0.365 e. The Morgan fingerprint density at radius 1 is 1.23 bits per heavy atom. The van der Waals surface area contributed by atoms with Gasteiger partial charge in [-0.15, -0.1) is 0 Å². The lowest BCUT2D eigenvalue weighted by Crippen LogP contribution is -2.53. The number of piperazine rings is 1. The Bertz CT molecular complexity index is 920. The molecule has 1 aliphatic heterocycles. The van der Waals surface area contributed by atoms with Crippen LogP contribution in [0.2, 0.25) is 0 Å². The number of hydrogen-bond acceptors (Lipinski definition) is 4. The lowest BCUT2D eigenvalue weighted by molar-refractivity contribution is 0.0728. The van der Waals surface area contributed by atoms with E-state index in [1.807, 2.05) is 41.4 Å². The number of benzene rings is 1. The molecule has 0 radical (unpaired) electrons.